The summed E-state index contributed by atoms with van der Waals surface area (Å²) in [6, 6.07) is 0.586. The molecular weight excluding hydrogens is 356 g/mol. The average Bonchev–Trinajstić information content (AvgIpc) is 2.70. The number of carbonyl (C=O) groups is 2. The molecule has 0 N–H and O–H groups in total. The Kier molecular flexibility index (Phi) is 5.01. The Balaban J connectivity index is 2.46. The molecule has 1 aromatic carbocycles. The van der Waals surface area contributed by atoms with Crippen molar-refractivity contribution in [1.82, 2.24) is 4.90 Å². The normalized spacial score (nSPS) is 17.6. The average molecular weight is 369 g/mol. The molecule has 0 aromatic heterocycles. The number of esters is 1. The second-order valence-corrected chi connectivity index (χ2v) is 5.37. The van der Waals surface area contributed by atoms with Crippen LogP contribution in [0.4, 0.5) is 26.3 Å². The van der Waals surface area contributed by atoms with Crippen LogP contribution in [-0.4, -0.2) is 36.1 Å². The van der Waals surface area contributed by atoms with E-state index < -0.39 is 48.8 Å². The third-order valence-electron chi connectivity index (χ3n) is 3.62. The summed E-state index contributed by atoms with van der Waals surface area (Å²) in [5, 5.41) is 0. The zero-order valence-corrected chi connectivity index (χ0v) is 12.9. The fourth-order valence-corrected chi connectivity index (χ4v) is 2.65. The lowest BCUT2D eigenvalue weighted by Gasteiger charge is -2.25. The number of ether oxygens (including phenoxy) is 1. The monoisotopic (exact) mass is 369 g/mol. The van der Waals surface area contributed by atoms with Crippen molar-refractivity contribution in [3.8, 4) is 0 Å². The van der Waals surface area contributed by atoms with E-state index in [2.05, 4.69) is 4.74 Å². The second kappa shape index (κ2) is 6.57. The molecule has 0 bridgehead atoms. The van der Waals surface area contributed by atoms with Gasteiger partial charge >= 0.3 is 18.3 Å². The molecule has 2 rings (SSSR count). The van der Waals surface area contributed by atoms with Gasteiger partial charge in [-0.05, 0) is 30.7 Å². The van der Waals surface area contributed by atoms with Crippen molar-refractivity contribution in [1.29, 1.82) is 0 Å². The summed E-state index contributed by atoms with van der Waals surface area (Å²) in [6.45, 7) is -0.249. The van der Waals surface area contributed by atoms with Gasteiger partial charge in [0.2, 0.25) is 0 Å². The maximum Gasteiger partial charge on any atom is 0.416 e. The first-order chi connectivity index (χ1) is 11.4. The summed E-state index contributed by atoms with van der Waals surface area (Å²) in [5.41, 5.74) is -1.66. The maximum absolute atomic E-state index is 12.9. The van der Waals surface area contributed by atoms with Gasteiger partial charge in [-0.1, -0.05) is 0 Å². The summed E-state index contributed by atoms with van der Waals surface area (Å²) < 4.78 is 81.5. The van der Waals surface area contributed by atoms with Crippen molar-refractivity contribution < 1.29 is 40.7 Å². The molecule has 1 aromatic rings. The van der Waals surface area contributed by atoms with Crippen LogP contribution in [0.1, 0.15) is 40.9 Å². The molecule has 1 aliphatic rings. The Morgan fingerprint density at radius 2 is 1.84 bits per heavy atom. The van der Waals surface area contributed by atoms with E-state index in [1.807, 2.05) is 0 Å². The number of alkyl halides is 6. The summed E-state index contributed by atoms with van der Waals surface area (Å²) in [7, 11) is 0. The van der Waals surface area contributed by atoms with Gasteiger partial charge < -0.3 is 9.64 Å². The molecule has 0 saturated heterocycles. The van der Waals surface area contributed by atoms with Gasteiger partial charge in [-0.3, -0.25) is 9.59 Å². The highest BCUT2D eigenvalue weighted by atomic mass is 19.4. The number of halogens is 6. The SMILES string of the molecule is CCOC(=O)CC1c2cc(C(F)(F)F)ccc2C(=O)N1CC(F)(F)F. The van der Waals surface area contributed by atoms with Crippen LogP contribution >= 0.6 is 0 Å². The van der Waals surface area contributed by atoms with Gasteiger partial charge in [0.25, 0.3) is 5.91 Å². The van der Waals surface area contributed by atoms with Gasteiger partial charge in [0, 0.05) is 5.56 Å². The summed E-state index contributed by atoms with van der Waals surface area (Å²) in [4.78, 5) is 24.2. The predicted octanol–water partition coefficient (Wildman–Crippen LogP) is 3.72. The van der Waals surface area contributed by atoms with Crippen molar-refractivity contribution in [3.05, 3.63) is 34.9 Å². The Morgan fingerprint density at radius 3 is 2.36 bits per heavy atom. The number of rotatable bonds is 4. The number of fused-ring (bicyclic) bond motifs is 1. The molecule has 1 amide bonds. The van der Waals surface area contributed by atoms with Gasteiger partial charge in [0.05, 0.1) is 24.6 Å². The van der Waals surface area contributed by atoms with Crippen molar-refractivity contribution in [3.63, 3.8) is 0 Å². The molecule has 0 radical (unpaired) electrons. The number of nitrogens with zero attached hydrogens (tertiary/aromatic N) is 1. The lowest BCUT2D eigenvalue weighted by molar-refractivity contribution is -0.152. The Morgan fingerprint density at radius 1 is 1.20 bits per heavy atom. The molecule has 0 spiro atoms. The van der Waals surface area contributed by atoms with Crippen molar-refractivity contribution in [2.45, 2.75) is 31.7 Å². The van der Waals surface area contributed by atoms with E-state index in [0.717, 1.165) is 6.07 Å². The first-order valence-corrected chi connectivity index (χ1v) is 7.18. The number of benzene rings is 1. The molecule has 1 aliphatic heterocycles. The van der Waals surface area contributed by atoms with E-state index in [1.165, 1.54) is 6.92 Å². The fraction of sp³-hybridized carbons (Fsp3) is 0.467. The van der Waals surface area contributed by atoms with E-state index in [-0.39, 0.29) is 17.7 Å². The molecule has 138 valence electrons. The third-order valence-corrected chi connectivity index (χ3v) is 3.62. The minimum atomic E-state index is -4.77. The van der Waals surface area contributed by atoms with Crippen LogP contribution < -0.4 is 0 Å². The van der Waals surface area contributed by atoms with Crippen LogP contribution in [-0.2, 0) is 15.7 Å². The van der Waals surface area contributed by atoms with Crippen LogP contribution in [0.2, 0.25) is 0 Å². The largest absolute Gasteiger partial charge is 0.466 e. The summed E-state index contributed by atoms with van der Waals surface area (Å²) >= 11 is 0. The molecule has 25 heavy (non-hydrogen) atoms. The first kappa shape index (κ1) is 19.1. The van der Waals surface area contributed by atoms with Crippen LogP contribution in [0.3, 0.4) is 0 Å². The fourth-order valence-electron chi connectivity index (χ4n) is 2.65. The van der Waals surface area contributed by atoms with E-state index >= 15 is 0 Å². The first-order valence-electron chi connectivity index (χ1n) is 7.18. The molecule has 1 atom stereocenters. The lowest BCUT2D eigenvalue weighted by Crippen LogP contribution is -2.37. The topological polar surface area (TPSA) is 46.6 Å². The quantitative estimate of drug-likeness (QED) is 0.600. The standard InChI is InChI=1S/C15H13F6NO3/c1-2-25-12(23)6-11-10-5-8(15(19,20)21)3-4-9(10)13(24)22(11)7-14(16,17)18/h3-5,11H,2,6-7H2,1H3. The number of hydrogen-bond donors (Lipinski definition) is 0. The molecular formula is C15H13F6NO3. The second-order valence-electron chi connectivity index (χ2n) is 5.37. The minimum Gasteiger partial charge on any atom is -0.466 e. The van der Waals surface area contributed by atoms with Crippen molar-refractivity contribution in [2.24, 2.45) is 0 Å². The molecule has 1 heterocycles. The van der Waals surface area contributed by atoms with Gasteiger partial charge in [0.1, 0.15) is 6.54 Å². The van der Waals surface area contributed by atoms with E-state index in [0.29, 0.717) is 17.0 Å². The molecule has 0 saturated carbocycles. The number of carbonyl (C=O) groups excluding carboxylic acids is 2. The highest BCUT2D eigenvalue weighted by molar-refractivity contribution is 5.99. The van der Waals surface area contributed by atoms with Gasteiger partial charge in [-0.2, -0.15) is 26.3 Å². The molecule has 0 fully saturated rings. The van der Waals surface area contributed by atoms with E-state index in [1.54, 1.807) is 0 Å². The summed E-state index contributed by atoms with van der Waals surface area (Å²) in [6.07, 6.45) is -10.2. The Bertz CT molecular complexity index is 683. The zero-order chi connectivity index (χ0) is 19.0. The van der Waals surface area contributed by atoms with Crippen LogP contribution in [0.25, 0.3) is 0 Å². The lowest BCUT2D eigenvalue weighted by atomic mass is 9.99. The minimum absolute atomic E-state index is 0.0474. The van der Waals surface area contributed by atoms with Gasteiger partial charge in [-0.25, -0.2) is 0 Å². The smallest absolute Gasteiger partial charge is 0.416 e. The van der Waals surface area contributed by atoms with Crippen molar-refractivity contribution >= 4 is 11.9 Å². The van der Waals surface area contributed by atoms with E-state index in [4.69, 9.17) is 0 Å². The van der Waals surface area contributed by atoms with Gasteiger partial charge in [-0.15, -0.1) is 0 Å². The highest BCUT2D eigenvalue weighted by Crippen LogP contribution is 2.41. The van der Waals surface area contributed by atoms with Crippen LogP contribution in [0, 0.1) is 0 Å². The third kappa shape index (κ3) is 4.23. The molecule has 0 aliphatic carbocycles. The van der Waals surface area contributed by atoms with Crippen molar-refractivity contribution in [2.75, 3.05) is 13.2 Å². The van der Waals surface area contributed by atoms with Crippen LogP contribution in [0.15, 0.2) is 18.2 Å². The molecule has 1 unspecified atom stereocenters. The molecule has 10 heteroatoms. The van der Waals surface area contributed by atoms with Gasteiger partial charge in [0.15, 0.2) is 0 Å². The number of hydrogen-bond acceptors (Lipinski definition) is 3. The zero-order valence-electron chi connectivity index (χ0n) is 12.9. The Hall–Kier alpha value is -2.26. The number of amides is 1. The molecule has 4 nitrogen and oxygen atoms in total. The maximum atomic E-state index is 12.9. The summed E-state index contributed by atoms with van der Waals surface area (Å²) in [5.74, 6) is -1.98. The Labute approximate surface area is 138 Å². The van der Waals surface area contributed by atoms with E-state index in [9.17, 15) is 35.9 Å². The van der Waals surface area contributed by atoms with Crippen LogP contribution in [0.5, 0.6) is 0 Å². The highest BCUT2D eigenvalue weighted by Gasteiger charge is 2.45. The predicted molar refractivity (Wildman–Crippen MR) is 72.5 cm³/mol.